The molecule has 0 spiro atoms. The van der Waals surface area contributed by atoms with Crippen molar-refractivity contribution >= 4 is 95.7 Å². The summed E-state index contributed by atoms with van der Waals surface area (Å²) < 4.78 is 8.88. The monoisotopic (exact) mass is 218 g/mol. The molecule has 0 heterocycles. The summed E-state index contributed by atoms with van der Waals surface area (Å²) in [5.74, 6) is 0. The second-order valence-electron chi connectivity index (χ2n) is 0.513. The van der Waals surface area contributed by atoms with Crippen LogP contribution in [-0.2, 0) is 4.57 Å². The molecule has 0 aliphatic carbocycles. The molecule has 0 fully saturated rings. The summed E-state index contributed by atoms with van der Waals surface area (Å²) in [5, 5.41) is 0. The Morgan fingerprint density at radius 3 is 1.00 bits per heavy atom. The summed E-state index contributed by atoms with van der Waals surface area (Å²) >= 11 is 0. The molecule has 0 aromatic rings. The number of halogens is 1. The van der Waals surface area contributed by atoms with E-state index in [-0.39, 0.29) is 87.9 Å². The quantitative estimate of drug-likeness (QED) is 0.315. The normalized spacial score (nSPS) is 7.38. The van der Waals surface area contributed by atoms with Gasteiger partial charge in [0, 0.05) is 0 Å². The van der Waals surface area contributed by atoms with Crippen molar-refractivity contribution in [1.29, 1.82) is 0 Å². The van der Waals surface area contributed by atoms with Crippen LogP contribution in [0.5, 0.6) is 0 Å². The van der Waals surface area contributed by atoms with E-state index in [1.807, 2.05) is 0 Å². The third-order valence-corrected chi connectivity index (χ3v) is 0. The van der Waals surface area contributed by atoms with Crippen LogP contribution in [0.15, 0.2) is 0 Å². The number of hydrogen-bond donors (Lipinski definition) is 3. The Bertz CT molecular complexity index is 60.2. The van der Waals surface area contributed by atoms with Crippen LogP contribution in [0.25, 0.3) is 0 Å². The molecule has 0 aliphatic rings. The van der Waals surface area contributed by atoms with Gasteiger partial charge in [-0.25, -0.2) is 4.57 Å². The van der Waals surface area contributed by atoms with Crippen molar-refractivity contribution in [1.82, 2.24) is 0 Å². The molecule has 0 radical (unpaired) electrons. The van der Waals surface area contributed by atoms with Gasteiger partial charge in [-0.15, -0.1) is 12.4 Å². The van der Waals surface area contributed by atoms with Crippen molar-refractivity contribution in [3.05, 3.63) is 0 Å². The van der Waals surface area contributed by atoms with Crippen LogP contribution in [0.1, 0.15) is 0 Å². The number of phosphoric acid groups is 1. The first-order valence-corrected chi connectivity index (χ1v) is 2.35. The van der Waals surface area contributed by atoms with Crippen LogP contribution in [0.3, 0.4) is 0 Å². The molecule has 0 saturated carbocycles. The van der Waals surface area contributed by atoms with Crippen molar-refractivity contribution in [2.24, 2.45) is 0 Å². The van der Waals surface area contributed by atoms with Gasteiger partial charge in [0.2, 0.25) is 0 Å². The van der Waals surface area contributed by atoms with E-state index < -0.39 is 7.82 Å². The molecule has 0 bridgehead atoms. The number of hydrogen-bond acceptors (Lipinski definition) is 1. The van der Waals surface area contributed by atoms with Crippen LogP contribution in [0.4, 0.5) is 0 Å². The van der Waals surface area contributed by atoms with Gasteiger partial charge in [0.25, 0.3) is 0 Å². The third kappa shape index (κ3) is 65.6. The van der Waals surface area contributed by atoms with Gasteiger partial charge < -0.3 is 14.7 Å². The van der Waals surface area contributed by atoms with Crippen LogP contribution in [0, 0.1) is 0 Å². The van der Waals surface area contributed by atoms with E-state index in [2.05, 4.69) is 0 Å². The van der Waals surface area contributed by atoms with Crippen molar-refractivity contribution in [2.45, 2.75) is 0 Å². The first-order chi connectivity index (χ1) is 2.00. The van der Waals surface area contributed by atoms with Gasteiger partial charge >= 0.3 is 83.3 Å². The Labute approximate surface area is 113 Å². The molecule has 0 aromatic heterocycles. The zero-order valence-electron chi connectivity index (χ0n) is 2.61. The van der Waals surface area contributed by atoms with Gasteiger partial charge in [0.15, 0.2) is 0 Å². The van der Waals surface area contributed by atoms with E-state index in [9.17, 15) is 0 Å². The molecule has 4 nitrogen and oxygen atoms in total. The first kappa shape index (κ1) is 22.4. The second kappa shape index (κ2) is 9.92. The molecular weight excluding hydrogens is 211 g/mol. The maximum absolute atomic E-state index is 8.88. The zero-order chi connectivity index (χ0) is 4.50. The topological polar surface area (TPSA) is 77.8 Å². The predicted molar refractivity (Wildman–Crippen MR) is 38.6 cm³/mol. The standard InChI is InChI=1S/2Ca.ClH.H3O4P.4H/c;;;1-5(2,3)4;;;;/h;;1H;(H3,1,2,3,4);;;;. The molecule has 0 amide bonds. The predicted octanol–water partition coefficient (Wildman–Crippen LogP) is -2.34. The molecule has 0 unspecified atom stereocenters. The van der Waals surface area contributed by atoms with E-state index in [0.717, 1.165) is 0 Å². The van der Waals surface area contributed by atoms with Crippen LogP contribution >= 0.6 is 20.2 Å². The molecule has 0 saturated heterocycles. The Morgan fingerprint density at radius 1 is 1.00 bits per heavy atom. The van der Waals surface area contributed by atoms with Crippen molar-refractivity contribution < 1.29 is 19.2 Å². The first-order valence-electron chi connectivity index (χ1n) is 0.783. The molecule has 8 heteroatoms. The zero-order valence-corrected chi connectivity index (χ0v) is 4.32. The Morgan fingerprint density at radius 2 is 1.00 bits per heavy atom. The van der Waals surface area contributed by atoms with Gasteiger partial charge in [-0.2, -0.15) is 0 Å². The van der Waals surface area contributed by atoms with E-state index in [1.54, 1.807) is 0 Å². The van der Waals surface area contributed by atoms with Crippen LogP contribution in [-0.4, -0.2) is 90.2 Å². The Kier molecular flexibility index (Phi) is 27.8. The van der Waals surface area contributed by atoms with Crippen LogP contribution < -0.4 is 0 Å². The Hall–Kier alpha value is 2.92. The van der Waals surface area contributed by atoms with Crippen molar-refractivity contribution in [2.75, 3.05) is 0 Å². The minimum atomic E-state index is -4.64. The minimum absolute atomic E-state index is 0. The number of rotatable bonds is 0. The average molecular weight is 219 g/mol. The Balaban J connectivity index is -0.0000000267. The van der Waals surface area contributed by atoms with Gasteiger partial charge in [0.1, 0.15) is 0 Å². The fourth-order valence-corrected chi connectivity index (χ4v) is 0. The van der Waals surface area contributed by atoms with Crippen molar-refractivity contribution in [3.63, 3.8) is 0 Å². The average Bonchev–Trinajstić information content (AvgIpc) is 0.722. The molecule has 0 aromatic carbocycles. The molecule has 0 atom stereocenters. The third-order valence-electron chi connectivity index (χ3n) is 0. The van der Waals surface area contributed by atoms with Gasteiger partial charge in [-0.1, -0.05) is 0 Å². The van der Waals surface area contributed by atoms with Crippen LogP contribution in [0.2, 0.25) is 0 Å². The SMILES string of the molecule is Cl.O=P(O)(O)O.[CaH2].[CaH2]. The van der Waals surface area contributed by atoms with Crippen molar-refractivity contribution in [3.8, 4) is 0 Å². The molecule has 3 N–H and O–H groups in total. The summed E-state index contributed by atoms with van der Waals surface area (Å²) in [7, 11) is -4.64. The summed E-state index contributed by atoms with van der Waals surface area (Å²) in [6.07, 6.45) is 0. The second-order valence-corrected chi connectivity index (χ2v) is 1.54. The summed E-state index contributed by atoms with van der Waals surface area (Å²) in [5.41, 5.74) is 0. The van der Waals surface area contributed by atoms with Gasteiger partial charge in [0.05, 0.1) is 0 Å². The van der Waals surface area contributed by atoms with E-state index in [1.165, 1.54) is 0 Å². The fourth-order valence-electron chi connectivity index (χ4n) is 0. The van der Waals surface area contributed by atoms with Gasteiger partial charge in [-0.05, 0) is 0 Å². The summed E-state index contributed by atoms with van der Waals surface area (Å²) in [6.45, 7) is 0. The molecule has 8 heavy (non-hydrogen) atoms. The molecular formula is H8Ca2ClO4P. The van der Waals surface area contributed by atoms with E-state index in [0.29, 0.717) is 0 Å². The maximum atomic E-state index is 8.88. The molecule has 48 valence electrons. The molecule has 0 aliphatic heterocycles. The molecule has 0 rings (SSSR count). The summed E-state index contributed by atoms with van der Waals surface area (Å²) in [6, 6.07) is 0. The fraction of sp³-hybridized carbons (Fsp3) is 0. The summed E-state index contributed by atoms with van der Waals surface area (Å²) in [4.78, 5) is 21.6. The van der Waals surface area contributed by atoms with E-state index >= 15 is 0 Å². The van der Waals surface area contributed by atoms with Gasteiger partial charge in [-0.3, -0.25) is 0 Å². The van der Waals surface area contributed by atoms with E-state index in [4.69, 9.17) is 19.2 Å².